The molecule has 3 N–H and O–H groups in total. The van der Waals surface area contributed by atoms with E-state index >= 15 is 0 Å². The zero-order valence-electron chi connectivity index (χ0n) is 7.96. The second-order valence-corrected chi connectivity index (χ2v) is 2.89. The zero-order valence-corrected chi connectivity index (χ0v) is 7.96. The summed E-state index contributed by atoms with van der Waals surface area (Å²) in [7, 11) is 1.56. The third kappa shape index (κ3) is 7.27. The SMILES string of the molecule is CNC(=O)CNC(C)CCC(=O)O. The Labute approximate surface area is 77.5 Å². The highest BCUT2D eigenvalue weighted by molar-refractivity contribution is 5.77. The van der Waals surface area contributed by atoms with Crippen molar-refractivity contribution < 1.29 is 14.7 Å². The molecule has 0 spiro atoms. The third-order valence-electron chi connectivity index (χ3n) is 1.68. The molecule has 0 aromatic carbocycles. The molecular weight excluding hydrogens is 172 g/mol. The van der Waals surface area contributed by atoms with E-state index in [0.717, 1.165) is 0 Å². The average molecular weight is 188 g/mol. The van der Waals surface area contributed by atoms with Crippen LogP contribution in [0, 0.1) is 0 Å². The van der Waals surface area contributed by atoms with Crippen LogP contribution >= 0.6 is 0 Å². The number of hydrogen-bond donors (Lipinski definition) is 3. The van der Waals surface area contributed by atoms with Crippen molar-refractivity contribution in [3.8, 4) is 0 Å². The maximum absolute atomic E-state index is 10.8. The minimum atomic E-state index is -0.811. The van der Waals surface area contributed by atoms with Gasteiger partial charge in [0.1, 0.15) is 0 Å². The van der Waals surface area contributed by atoms with E-state index in [0.29, 0.717) is 6.42 Å². The fourth-order valence-electron chi connectivity index (χ4n) is 0.797. The quantitative estimate of drug-likeness (QED) is 0.529. The van der Waals surface area contributed by atoms with Crippen LogP contribution in [-0.2, 0) is 9.59 Å². The molecule has 0 aliphatic heterocycles. The molecule has 0 bridgehead atoms. The predicted octanol–water partition coefficient (Wildman–Crippen LogP) is -0.425. The lowest BCUT2D eigenvalue weighted by molar-refractivity contribution is -0.137. The first kappa shape index (κ1) is 11.9. The van der Waals surface area contributed by atoms with E-state index in [9.17, 15) is 9.59 Å². The predicted molar refractivity (Wildman–Crippen MR) is 48.4 cm³/mol. The summed E-state index contributed by atoms with van der Waals surface area (Å²) in [5.41, 5.74) is 0. The highest BCUT2D eigenvalue weighted by atomic mass is 16.4. The first-order valence-electron chi connectivity index (χ1n) is 4.22. The van der Waals surface area contributed by atoms with Gasteiger partial charge in [-0.25, -0.2) is 0 Å². The van der Waals surface area contributed by atoms with Gasteiger partial charge in [0.25, 0.3) is 0 Å². The number of carbonyl (C=O) groups is 2. The minimum absolute atomic E-state index is 0.0494. The monoisotopic (exact) mass is 188 g/mol. The van der Waals surface area contributed by atoms with Gasteiger partial charge in [-0.1, -0.05) is 0 Å². The highest BCUT2D eigenvalue weighted by Crippen LogP contribution is 1.95. The van der Waals surface area contributed by atoms with Crippen molar-refractivity contribution in [2.45, 2.75) is 25.8 Å². The molecular formula is C8H16N2O3. The van der Waals surface area contributed by atoms with Gasteiger partial charge in [-0.2, -0.15) is 0 Å². The lowest BCUT2D eigenvalue weighted by Crippen LogP contribution is -2.36. The van der Waals surface area contributed by atoms with Gasteiger partial charge in [-0.15, -0.1) is 0 Å². The summed E-state index contributed by atoms with van der Waals surface area (Å²) in [4.78, 5) is 21.0. The zero-order chi connectivity index (χ0) is 10.3. The van der Waals surface area contributed by atoms with E-state index in [4.69, 9.17) is 5.11 Å². The molecule has 0 aliphatic rings. The summed E-state index contributed by atoms with van der Waals surface area (Å²) >= 11 is 0. The number of nitrogens with one attached hydrogen (secondary N) is 2. The molecule has 0 radical (unpaired) electrons. The van der Waals surface area contributed by atoms with Gasteiger partial charge in [-0.3, -0.25) is 9.59 Å². The molecule has 76 valence electrons. The Balaban J connectivity index is 3.45. The molecule has 1 atom stereocenters. The Kier molecular flexibility index (Phi) is 5.88. The van der Waals surface area contributed by atoms with Crippen LogP contribution in [0.15, 0.2) is 0 Å². The Morgan fingerprint density at radius 1 is 1.46 bits per heavy atom. The van der Waals surface area contributed by atoms with Crippen LogP contribution < -0.4 is 10.6 Å². The summed E-state index contributed by atoms with van der Waals surface area (Å²) in [5.74, 6) is -0.907. The smallest absolute Gasteiger partial charge is 0.303 e. The highest BCUT2D eigenvalue weighted by Gasteiger charge is 2.05. The molecule has 5 heteroatoms. The molecule has 0 heterocycles. The maximum atomic E-state index is 10.8. The van der Waals surface area contributed by atoms with Crippen LogP contribution in [0.1, 0.15) is 19.8 Å². The van der Waals surface area contributed by atoms with Crippen molar-refractivity contribution in [2.24, 2.45) is 0 Å². The number of hydrogen-bond acceptors (Lipinski definition) is 3. The number of carboxylic acid groups (broad SMARTS) is 1. The van der Waals surface area contributed by atoms with E-state index in [-0.39, 0.29) is 24.9 Å². The molecule has 1 unspecified atom stereocenters. The topological polar surface area (TPSA) is 78.4 Å². The van der Waals surface area contributed by atoms with E-state index in [1.54, 1.807) is 7.05 Å². The lowest BCUT2D eigenvalue weighted by Gasteiger charge is -2.11. The van der Waals surface area contributed by atoms with Gasteiger partial charge in [0, 0.05) is 19.5 Å². The molecule has 0 rings (SSSR count). The summed E-state index contributed by atoms with van der Waals surface area (Å²) in [6.07, 6.45) is 0.661. The Morgan fingerprint density at radius 3 is 2.54 bits per heavy atom. The second-order valence-electron chi connectivity index (χ2n) is 2.89. The largest absolute Gasteiger partial charge is 0.481 e. The van der Waals surface area contributed by atoms with Crippen LogP contribution in [0.4, 0.5) is 0 Å². The fraction of sp³-hybridized carbons (Fsp3) is 0.750. The maximum Gasteiger partial charge on any atom is 0.303 e. The molecule has 0 fully saturated rings. The second kappa shape index (κ2) is 6.42. The number of aliphatic carboxylic acids is 1. The van der Waals surface area contributed by atoms with E-state index in [1.807, 2.05) is 6.92 Å². The number of amides is 1. The molecule has 0 aromatic rings. The van der Waals surface area contributed by atoms with Crippen LogP contribution in [0.2, 0.25) is 0 Å². The molecule has 1 amide bonds. The Morgan fingerprint density at radius 2 is 2.08 bits per heavy atom. The van der Waals surface area contributed by atoms with Crippen LogP contribution in [-0.4, -0.2) is 36.6 Å². The van der Waals surface area contributed by atoms with Gasteiger partial charge in [-0.05, 0) is 13.3 Å². The van der Waals surface area contributed by atoms with E-state index in [1.165, 1.54) is 0 Å². The molecule has 13 heavy (non-hydrogen) atoms. The van der Waals surface area contributed by atoms with Crippen molar-refractivity contribution in [2.75, 3.05) is 13.6 Å². The number of rotatable bonds is 6. The fourth-order valence-corrected chi connectivity index (χ4v) is 0.797. The summed E-state index contributed by atoms with van der Waals surface area (Å²) in [5, 5.41) is 13.8. The first-order chi connectivity index (χ1) is 6.06. The number of carboxylic acids is 1. The first-order valence-corrected chi connectivity index (χ1v) is 4.22. The normalized spacial score (nSPS) is 12.2. The van der Waals surface area contributed by atoms with Crippen molar-refractivity contribution in [1.29, 1.82) is 0 Å². The summed E-state index contributed by atoms with van der Waals surface area (Å²) in [6, 6.07) is 0.0494. The van der Waals surface area contributed by atoms with E-state index in [2.05, 4.69) is 10.6 Å². The minimum Gasteiger partial charge on any atom is -0.481 e. The molecule has 0 saturated carbocycles. The van der Waals surface area contributed by atoms with Gasteiger partial charge in [0.05, 0.1) is 6.54 Å². The molecule has 0 saturated heterocycles. The van der Waals surface area contributed by atoms with E-state index < -0.39 is 5.97 Å². The number of carbonyl (C=O) groups excluding carboxylic acids is 1. The molecule has 0 aromatic heterocycles. The number of likely N-dealkylation sites (N-methyl/N-ethyl adjacent to an activating group) is 1. The van der Waals surface area contributed by atoms with Crippen molar-refractivity contribution in [3.63, 3.8) is 0 Å². The average Bonchev–Trinajstić information content (AvgIpc) is 2.10. The van der Waals surface area contributed by atoms with Gasteiger partial charge in [0.2, 0.25) is 5.91 Å². The third-order valence-corrected chi connectivity index (χ3v) is 1.68. The van der Waals surface area contributed by atoms with Crippen molar-refractivity contribution in [3.05, 3.63) is 0 Å². The Bertz CT molecular complexity index is 182. The lowest BCUT2D eigenvalue weighted by atomic mass is 10.2. The van der Waals surface area contributed by atoms with Crippen LogP contribution in [0.3, 0.4) is 0 Å². The molecule has 0 aliphatic carbocycles. The van der Waals surface area contributed by atoms with Gasteiger partial charge < -0.3 is 15.7 Å². The standard InChI is InChI=1S/C8H16N2O3/c1-6(3-4-8(12)13)10-5-7(11)9-2/h6,10H,3-5H2,1-2H3,(H,9,11)(H,12,13). The van der Waals surface area contributed by atoms with Crippen molar-refractivity contribution >= 4 is 11.9 Å². The van der Waals surface area contributed by atoms with Gasteiger partial charge >= 0.3 is 5.97 Å². The Hall–Kier alpha value is -1.10. The molecule has 5 nitrogen and oxygen atoms in total. The van der Waals surface area contributed by atoms with Crippen molar-refractivity contribution in [1.82, 2.24) is 10.6 Å². The van der Waals surface area contributed by atoms with Crippen LogP contribution in [0.5, 0.6) is 0 Å². The summed E-state index contributed by atoms with van der Waals surface area (Å²) < 4.78 is 0. The van der Waals surface area contributed by atoms with Crippen LogP contribution in [0.25, 0.3) is 0 Å². The van der Waals surface area contributed by atoms with Gasteiger partial charge in [0.15, 0.2) is 0 Å². The summed E-state index contributed by atoms with van der Waals surface area (Å²) in [6.45, 7) is 2.09.